The second kappa shape index (κ2) is 7.44. The van der Waals surface area contributed by atoms with Crippen molar-refractivity contribution in [2.24, 2.45) is 11.7 Å². The van der Waals surface area contributed by atoms with Crippen LogP contribution in [0.3, 0.4) is 0 Å². The van der Waals surface area contributed by atoms with Gasteiger partial charge in [0, 0.05) is 18.2 Å². The summed E-state index contributed by atoms with van der Waals surface area (Å²) in [6.45, 7) is 1.96. The van der Waals surface area contributed by atoms with Crippen molar-refractivity contribution in [3.63, 3.8) is 0 Å². The SMILES string of the molecule is CC(N)c1ccc(NC(=O)CCC2CCCCC2)cc1. The number of anilines is 1. The van der Waals surface area contributed by atoms with E-state index in [2.05, 4.69) is 5.32 Å². The highest BCUT2D eigenvalue weighted by molar-refractivity contribution is 5.90. The van der Waals surface area contributed by atoms with Crippen LogP contribution >= 0.6 is 0 Å². The van der Waals surface area contributed by atoms with Crippen LogP contribution in [0.1, 0.15) is 63.5 Å². The molecule has 0 saturated heterocycles. The van der Waals surface area contributed by atoms with Gasteiger partial charge in [0.25, 0.3) is 0 Å². The van der Waals surface area contributed by atoms with Gasteiger partial charge in [-0.1, -0.05) is 44.2 Å². The lowest BCUT2D eigenvalue weighted by Crippen LogP contribution is -2.15. The molecule has 20 heavy (non-hydrogen) atoms. The van der Waals surface area contributed by atoms with Crippen LogP contribution in [0.2, 0.25) is 0 Å². The van der Waals surface area contributed by atoms with Crippen molar-refractivity contribution in [2.45, 2.75) is 57.9 Å². The fourth-order valence-corrected chi connectivity index (χ4v) is 2.90. The van der Waals surface area contributed by atoms with Crippen molar-refractivity contribution in [1.29, 1.82) is 0 Å². The van der Waals surface area contributed by atoms with Crippen molar-refractivity contribution in [3.8, 4) is 0 Å². The van der Waals surface area contributed by atoms with Gasteiger partial charge in [0.2, 0.25) is 5.91 Å². The first kappa shape index (κ1) is 15.0. The minimum atomic E-state index is 0.0334. The van der Waals surface area contributed by atoms with E-state index in [-0.39, 0.29) is 11.9 Å². The quantitative estimate of drug-likeness (QED) is 0.852. The number of nitrogens with one attached hydrogen (secondary N) is 1. The van der Waals surface area contributed by atoms with Crippen molar-refractivity contribution < 1.29 is 4.79 Å². The highest BCUT2D eigenvalue weighted by Crippen LogP contribution is 2.27. The lowest BCUT2D eigenvalue weighted by atomic mass is 9.86. The minimum Gasteiger partial charge on any atom is -0.326 e. The molecule has 1 amide bonds. The van der Waals surface area contributed by atoms with Crippen LogP contribution in [0.4, 0.5) is 5.69 Å². The molecule has 0 aromatic heterocycles. The van der Waals surface area contributed by atoms with Gasteiger partial charge in [0.15, 0.2) is 0 Å². The van der Waals surface area contributed by atoms with Crippen molar-refractivity contribution in [2.75, 3.05) is 5.32 Å². The summed E-state index contributed by atoms with van der Waals surface area (Å²) in [6, 6.07) is 7.84. The first-order valence-corrected chi connectivity index (χ1v) is 7.80. The molecule has 110 valence electrons. The fraction of sp³-hybridized carbons (Fsp3) is 0.588. The van der Waals surface area contributed by atoms with Crippen LogP contribution in [-0.4, -0.2) is 5.91 Å². The molecule has 1 fully saturated rings. The summed E-state index contributed by atoms with van der Waals surface area (Å²) in [5.41, 5.74) is 7.76. The third-order valence-electron chi connectivity index (χ3n) is 4.22. The third kappa shape index (κ3) is 4.64. The van der Waals surface area contributed by atoms with Crippen LogP contribution in [0, 0.1) is 5.92 Å². The number of amides is 1. The second-order valence-corrected chi connectivity index (χ2v) is 6.00. The molecule has 3 N–H and O–H groups in total. The zero-order valence-electron chi connectivity index (χ0n) is 12.4. The molecule has 1 aliphatic carbocycles. The van der Waals surface area contributed by atoms with Crippen molar-refractivity contribution in [1.82, 2.24) is 0 Å². The summed E-state index contributed by atoms with van der Waals surface area (Å²) in [5, 5.41) is 2.97. The van der Waals surface area contributed by atoms with Gasteiger partial charge in [0.1, 0.15) is 0 Å². The van der Waals surface area contributed by atoms with E-state index < -0.39 is 0 Å². The van der Waals surface area contributed by atoms with Gasteiger partial charge in [0.05, 0.1) is 0 Å². The van der Waals surface area contributed by atoms with Crippen LogP contribution in [0.5, 0.6) is 0 Å². The Hall–Kier alpha value is -1.35. The summed E-state index contributed by atoms with van der Waals surface area (Å²) in [5.74, 6) is 0.888. The van der Waals surface area contributed by atoms with Gasteiger partial charge in [-0.15, -0.1) is 0 Å². The lowest BCUT2D eigenvalue weighted by Gasteiger charge is -2.21. The summed E-state index contributed by atoms with van der Waals surface area (Å²) < 4.78 is 0. The van der Waals surface area contributed by atoms with Crippen LogP contribution in [-0.2, 0) is 4.79 Å². The van der Waals surface area contributed by atoms with E-state index in [1.54, 1.807) is 0 Å². The van der Waals surface area contributed by atoms with Crippen LogP contribution in [0.15, 0.2) is 24.3 Å². The highest BCUT2D eigenvalue weighted by atomic mass is 16.1. The van der Waals surface area contributed by atoms with E-state index in [0.717, 1.165) is 23.6 Å². The predicted octanol–water partition coefficient (Wildman–Crippen LogP) is 4.01. The Morgan fingerprint density at radius 2 is 1.90 bits per heavy atom. The van der Waals surface area contributed by atoms with Gasteiger partial charge in [-0.3, -0.25) is 4.79 Å². The molecule has 3 nitrogen and oxygen atoms in total. The topological polar surface area (TPSA) is 55.1 Å². The molecule has 2 rings (SSSR count). The minimum absolute atomic E-state index is 0.0334. The average molecular weight is 274 g/mol. The first-order valence-electron chi connectivity index (χ1n) is 7.80. The number of hydrogen-bond acceptors (Lipinski definition) is 2. The number of benzene rings is 1. The normalized spacial score (nSPS) is 17.7. The zero-order chi connectivity index (χ0) is 14.4. The Morgan fingerprint density at radius 3 is 2.50 bits per heavy atom. The average Bonchev–Trinajstić information content (AvgIpc) is 2.47. The van der Waals surface area contributed by atoms with Gasteiger partial charge in [-0.2, -0.15) is 0 Å². The van der Waals surface area contributed by atoms with E-state index in [9.17, 15) is 4.79 Å². The van der Waals surface area contributed by atoms with Crippen molar-refractivity contribution in [3.05, 3.63) is 29.8 Å². The molecule has 0 spiro atoms. The van der Waals surface area contributed by atoms with E-state index in [1.807, 2.05) is 31.2 Å². The standard InChI is InChI=1S/C17H26N2O/c1-13(18)15-8-10-16(11-9-15)19-17(20)12-7-14-5-3-2-4-6-14/h8-11,13-14H,2-7,12,18H2,1H3,(H,19,20). The van der Waals surface area contributed by atoms with Crippen LogP contribution < -0.4 is 11.1 Å². The Morgan fingerprint density at radius 1 is 1.25 bits per heavy atom. The molecule has 1 atom stereocenters. The summed E-state index contributed by atoms with van der Waals surface area (Å²) >= 11 is 0. The molecule has 1 aliphatic rings. The maximum Gasteiger partial charge on any atom is 0.224 e. The number of carbonyl (C=O) groups is 1. The molecular weight excluding hydrogens is 248 g/mol. The van der Waals surface area contributed by atoms with Gasteiger partial charge >= 0.3 is 0 Å². The third-order valence-corrected chi connectivity index (χ3v) is 4.22. The van der Waals surface area contributed by atoms with E-state index in [0.29, 0.717) is 6.42 Å². The monoisotopic (exact) mass is 274 g/mol. The smallest absolute Gasteiger partial charge is 0.224 e. The summed E-state index contributed by atoms with van der Waals surface area (Å²) in [4.78, 5) is 11.9. The number of rotatable bonds is 5. The first-order chi connectivity index (χ1) is 9.65. The molecule has 0 bridgehead atoms. The van der Waals surface area contributed by atoms with Gasteiger partial charge in [-0.05, 0) is 37.0 Å². The zero-order valence-corrected chi connectivity index (χ0v) is 12.4. The van der Waals surface area contributed by atoms with Crippen LogP contribution in [0.25, 0.3) is 0 Å². The number of carbonyl (C=O) groups excluding carboxylic acids is 1. The van der Waals surface area contributed by atoms with E-state index in [4.69, 9.17) is 5.73 Å². The lowest BCUT2D eigenvalue weighted by molar-refractivity contribution is -0.116. The Labute approximate surface area is 121 Å². The Bertz CT molecular complexity index is 419. The number of hydrogen-bond donors (Lipinski definition) is 2. The maximum absolute atomic E-state index is 11.9. The highest BCUT2D eigenvalue weighted by Gasteiger charge is 2.14. The molecular formula is C17H26N2O. The van der Waals surface area contributed by atoms with Gasteiger partial charge in [-0.25, -0.2) is 0 Å². The molecule has 1 saturated carbocycles. The van der Waals surface area contributed by atoms with E-state index >= 15 is 0 Å². The van der Waals surface area contributed by atoms with Gasteiger partial charge < -0.3 is 11.1 Å². The van der Waals surface area contributed by atoms with E-state index in [1.165, 1.54) is 32.1 Å². The second-order valence-electron chi connectivity index (χ2n) is 6.00. The maximum atomic E-state index is 11.9. The summed E-state index contributed by atoms with van der Waals surface area (Å²) in [6.07, 6.45) is 8.32. The predicted molar refractivity (Wildman–Crippen MR) is 83.5 cm³/mol. The molecule has 3 heteroatoms. The molecule has 1 unspecified atom stereocenters. The van der Waals surface area contributed by atoms with Crippen molar-refractivity contribution >= 4 is 11.6 Å². The molecule has 0 heterocycles. The Kier molecular flexibility index (Phi) is 5.60. The fourth-order valence-electron chi connectivity index (χ4n) is 2.90. The molecule has 1 aromatic carbocycles. The number of nitrogens with two attached hydrogens (primary N) is 1. The Balaban J connectivity index is 1.75. The summed E-state index contributed by atoms with van der Waals surface area (Å²) in [7, 11) is 0. The molecule has 0 radical (unpaired) electrons. The molecule has 1 aromatic rings. The molecule has 0 aliphatic heterocycles. The largest absolute Gasteiger partial charge is 0.326 e.